The van der Waals surface area contributed by atoms with Crippen molar-refractivity contribution in [3.05, 3.63) is 89.5 Å². The molecule has 180 valence electrons. The number of carbonyl (C=O) groups is 2. The minimum absolute atomic E-state index is 0.510. The van der Waals surface area contributed by atoms with E-state index in [1.165, 1.54) is 0 Å². The summed E-state index contributed by atoms with van der Waals surface area (Å²) in [5.74, 6) is -1.89. The number of hydrogen-bond acceptors (Lipinski definition) is 4. The van der Waals surface area contributed by atoms with Gasteiger partial charge in [-0.1, -0.05) is 0 Å². The second kappa shape index (κ2) is 10.7. The SMILES string of the molecule is Cc1cc[c]([Sb]([O]C(=O)C(Cl)Cl)([O]C(=O)C(Cl)Cl)([c]2ccc(C)cc2)[c]2ccc(C)cc2)cc1. The molecule has 0 aliphatic heterocycles. The predicted octanol–water partition coefficient (Wildman–Crippen LogP) is 4.72. The van der Waals surface area contributed by atoms with Crippen molar-refractivity contribution in [2.45, 2.75) is 30.4 Å². The summed E-state index contributed by atoms with van der Waals surface area (Å²) in [5, 5.41) is 0. The first-order chi connectivity index (χ1) is 16.0. The van der Waals surface area contributed by atoms with Gasteiger partial charge in [0.15, 0.2) is 0 Å². The van der Waals surface area contributed by atoms with E-state index in [0.29, 0.717) is 10.5 Å². The third-order valence-corrected chi connectivity index (χ3v) is 19.7. The molecule has 0 unspecified atom stereocenters. The van der Waals surface area contributed by atoms with Crippen LogP contribution in [0, 0.1) is 20.8 Å². The fourth-order valence-electron chi connectivity index (χ4n) is 3.65. The maximum atomic E-state index is 13.1. The Morgan fingerprint density at radius 1 is 0.559 bits per heavy atom. The summed E-state index contributed by atoms with van der Waals surface area (Å²) in [6, 6.07) is 21.8. The molecule has 0 spiro atoms. The van der Waals surface area contributed by atoms with Crippen molar-refractivity contribution in [1.82, 2.24) is 0 Å². The van der Waals surface area contributed by atoms with Gasteiger partial charge < -0.3 is 0 Å². The Kier molecular flexibility index (Phi) is 8.54. The Bertz CT molecular complexity index is 1040. The molecule has 0 atom stereocenters. The van der Waals surface area contributed by atoms with Gasteiger partial charge in [-0.05, 0) is 0 Å². The quantitative estimate of drug-likeness (QED) is 0.274. The molecule has 0 heterocycles. The number of carbonyl (C=O) groups excluding carboxylic acids is 2. The fraction of sp³-hybridized carbons (Fsp3) is 0.200. The Morgan fingerprint density at radius 2 is 0.794 bits per heavy atom. The summed E-state index contributed by atoms with van der Waals surface area (Å²) in [5.41, 5.74) is 2.88. The first-order valence-electron chi connectivity index (χ1n) is 10.3. The molecule has 34 heavy (non-hydrogen) atoms. The van der Waals surface area contributed by atoms with Crippen molar-refractivity contribution < 1.29 is 15.6 Å². The average molecular weight is 651 g/mol. The summed E-state index contributed by atoms with van der Waals surface area (Å²) in [7, 11) is 0. The molecular weight excluding hydrogens is 628 g/mol. The molecule has 0 amide bonds. The van der Waals surface area contributed by atoms with Gasteiger partial charge in [0.05, 0.1) is 0 Å². The molecule has 0 aliphatic carbocycles. The molecule has 3 rings (SSSR count). The van der Waals surface area contributed by atoms with Gasteiger partial charge in [-0.3, -0.25) is 0 Å². The standard InChI is InChI=1S/3C7H7.2C2H2Cl2O2.Sb/c3*1-7-5-3-2-4-6-7;2*3-1(4)2(5)6;/h3*3-6H,1H3;2*1H,(H,5,6);/q;;;;;+2/p-2. The zero-order valence-corrected chi connectivity index (χ0v) is 24.3. The molecule has 0 radical (unpaired) electrons. The van der Waals surface area contributed by atoms with E-state index in [-0.39, 0.29) is 0 Å². The Balaban J connectivity index is 2.58. The Morgan fingerprint density at radius 3 is 1.00 bits per heavy atom. The van der Waals surface area contributed by atoms with E-state index in [1.54, 1.807) is 36.4 Å². The number of benzene rings is 3. The van der Waals surface area contributed by atoms with Gasteiger partial charge in [0.2, 0.25) is 0 Å². The molecule has 3 aromatic rings. The van der Waals surface area contributed by atoms with Crippen LogP contribution in [0.5, 0.6) is 0 Å². The van der Waals surface area contributed by atoms with Crippen LogP contribution in [0.2, 0.25) is 0 Å². The van der Waals surface area contributed by atoms with Crippen molar-refractivity contribution >= 4 is 87.1 Å². The normalized spacial score (nSPS) is 12.8. The molecule has 0 saturated heterocycles. The zero-order valence-electron chi connectivity index (χ0n) is 18.7. The van der Waals surface area contributed by atoms with Gasteiger partial charge in [0.1, 0.15) is 0 Å². The van der Waals surface area contributed by atoms with Crippen LogP contribution < -0.4 is 10.5 Å². The van der Waals surface area contributed by atoms with E-state index in [1.807, 2.05) is 57.2 Å². The molecule has 9 heteroatoms. The zero-order chi connectivity index (χ0) is 25.1. The number of alkyl halides is 4. The number of aryl methyl sites for hydroxylation is 3. The number of halogens is 4. The monoisotopic (exact) mass is 648 g/mol. The number of hydrogen-bond donors (Lipinski definition) is 0. The second-order valence-electron chi connectivity index (χ2n) is 7.89. The molecule has 4 nitrogen and oxygen atoms in total. The van der Waals surface area contributed by atoms with Crippen LogP contribution in [0.4, 0.5) is 0 Å². The van der Waals surface area contributed by atoms with E-state index in [9.17, 15) is 9.59 Å². The van der Waals surface area contributed by atoms with Crippen molar-refractivity contribution in [2.24, 2.45) is 0 Å². The molecular formula is C25H23Cl4O4Sb. The Labute approximate surface area is 221 Å². The van der Waals surface area contributed by atoms with Crippen LogP contribution >= 0.6 is 46.4 Å². The molecule has 3 aromatic carbocycles. The fourth-order valence-corrected chi connectivity index (χ4v) is 17.5. The Hall–Kier alpha value is -1.42. The van der Waals surface area contributed by atoms with Crippen LogP contribution in [-0.4, -0.2) is 39.8 Å². The van der Waals surface area contributed by atoms with Crippen LogP contribution in [0.25, 0.3) is 0 Å². The molecule has 0 aliphatic rings. The van der Waals surface area contributed by atoms with Crippen molar-refractivity contribution in [3.8, 4) is 0 Å². The van der Waals surface area contributed by atoms with Gasteiger partial charge in [-0.2, -0.15) is 0 Å². The summed E-state index contributed by atoms with van der Waals surface area (Å²) >= 11 is 17.8. The van der Waals surface area contributed by atoms with Crippen LogP contribution in [0.3, 0.4) is 0 Å². The van der Waals surface area contributed by atoms with Crippen molar-refractivity contribution in [3.63, 3.8) is 0 Å². The summed E-state index contributed by atoms with van der Waals surface area (Å²) in [6.07, 6.45) is 0. The summed E-state index contributed by atoms with van der Waals surface area (Å²) in [4.78, 5) is 23.2. The van der Waals surface area contributed by atoms with Gasteiger partial charge >= 0.3 is 223 Å². The molecule has 0 N–H and O–H groups in total. The maximum absolute atomic E-state index is 13.1. The first kappa shape index (κ1) is 27.2. The third-order valence-electron chi connectivity index (χ3n) is 5.39. The minimum atomic E-state index is -6.03. The second-order valence-corrected chi connectivity index (χ2v) is 21.0. The average Bonchev–Trinajstić information content (AvgIpc) is 2.79. The molecule has 0 fully saturated rings. The predicted molar refractivity (Wildman–Crippen MR) is 141 cm³/mol. The van der Waals surface area contributed by atoms with E-state index in [0.717, 1.165) is 16.7 Å². The van der Waals surface area contributed by atoms with Crippen LogP contribution in [0.15, 0.2) is 72.8 Å². The van der Waals surface area contributed by atoms with E-state index in [2.05, 4.69) is 0 Å². The van der Waals surface area contributed by atoms with E-state index in [4.69, 9.17) is 52.4 Å². The van der Waals surface area contributed by atoms with E-state index < -0.39 is 39.8 Å². The number of rotatable bonds is 7. The molecule has 0 bridgehead atoms. The van der Waals surface area contributed by atoms with Crippen molar-refractivity contribution in [1.29, 1.82) is 0 Å². The van der Waals surface area contributed by atoms with E-state index >= 15 is 0 Å². The summed E-state index contributed by atoms with van der Waals surface area (Å²) in [6.45, 7) is 5.76. The van der Waals surface area contributed by atoms with Crippen LogP contribution in [-0.2, 0) is 15.6 Å². The van der Waals surface area contributed by atoms with Gasteiger partial charge in [-0.25, -0.2) is 0 Å². The van der Waals surface area contributed by atoms with Crippen molar-refractivity contribution in [2.75, 3.05) is 0 Å². The molecule has 0 saturated carbocycles. The third kappa shape index (κ3) is 5.08. The molecule has 0 aromatic heterocycles. The first-order valence-corrected chi connectivity index (χ1v) is 17.9. The van der Waals surface area contributed by atoms with Gasteiger partial charge in [0.25, 0.3) is 0 Å². The van der Waals surface area contributed by atoms with Gasteiger partial charge in [0, 0.05) is 0 Å². The van der Waals surface area contributed by atoms with Gasteiger partial charge in [-0.15, -0.1) is 0 Å². The summed E-state index contributed by atoms with van der Waals surface area (Å²) < 4.78 is 14.2. The topological polar surface area (TPSA) is 52.6 Å². The van der Waals surface area contributed by atoms with Crippen LogP contribution in [0.1, 0.15) is 16.7 Å².